The summed E-state index contributed by atoms with van der Waals surface area (Å²) in [7, 11) is 0. The number of rotatable bonds is 0. The van der Waals surface area contributed by atoms with Gasteiger partial charge in [0.1, 0.15) is 11.6 Å². The van der Waals surface area contributed by atoms with Crippen LogP contribution in [-0.4, -0.2) is 11.6 Å². The van der Waals surface area contributed by atoms with Gasteiger partial charge in [-0.15, -0.1) is 0 Å². The number of carbonyl (C=O) groups excluding carboxylic acids is 2. The molecule has 1 saturated carbocycles. The lowest BCUT2D eigenvalue weighted by molar-refractivity contribution is -0.142. The predicted molar refractivity (Wildman–Crippen MR) is 60.8 cm³/mol. The van der Waals surface area contributed by atoms with Crippen LogP contribution in [0.2, 0.25) is 0 Å². The van der Waals surface area contributed by atoms with Crippen LogP contribution in [0, 0.1) is 17.3 Å². The van der Waals surface area contributed by atoms with E-state index in [1.54, 1.807) is 0 Å². The summed E-state index contributed by atoms with van der Waals surface area (Å²) in [6.45, 7) is 0. The topological polar surface area (TPSA) is 34.1 Å². The Bertz CT molecular complexity index is 405. The smallest absolute Gasteiger partial charge is 0.144 e. The first-order valence-corrected chi connectivity index (χ1v) is 6.13. The average molecular weight is 216 g/mol. The van der Waals surface area contributed by atoms with Crippen molar-refractivity contribution in [1.29, 1.82) is 0 Å². The van der Waals surface area contributed by atoms with Crippen molar-refractivity contribution >= 4 is 11.6 Å². The third-order valence-electron chi connectivity index (χ3n) is 4.36. The number of carbonyl (C=O) groups is 2. The van der Waals surface area contributed by atoms with Gasteiger partial charge in [-0.05, 0) is 25.2 Å². The molecule has 84 valence electrons. The van der Waals surface area contributed by atoms with Crippen LogP contribution in [0.15, 0.2) is 24.3 Å². The first-order chi connectivity index (χ1) is 7.72. The van der Waals surface area contributed by atoms with Crippen LogP contribution in [0.5, 0.6) is 0 Å². The molecule has 3 unspecified atom stereocenters. The van der Waals surface area contributed by atoms with E-state index in [4.69, 9.17) is 0 Å². The fraction of sp³-hybridized carbons (Fsp3) is 0.571. The van der Waals surface area contributed by atoms with E-state index >= 15 is 0 Å². The standard InChI is InChI=1S/C14H16O2/c15-12-4-2-1-3-6-14-7-5-10(8-11(12)14)9-13(14)16/h1,3,5,7,10-11H,2,4,6,8-9H2/b3-1-. The zero-order chi connectivity index (χ0) is 11.2. The summed E-state index contributed by atoms with van der Waals surface area (Å²) >= 11 is 0. The van der Waals surface area contributed by atoms with Gasteiger partial charge in [0.05, 0.1) is 5.41 Å². The number of ketones is 2. The summed E-state index contributed by atoms with van der Waals surface area (Å²) in [6.07, 6.45) is 12.0. The Balaban J connectivity index is 2.08. The minimum Gasteiger partial charge on any atom is -0.299 e. The zero-order valence-electron chi connectivity index (χ0n) is 9.32. The molecular formula is C14H16O2. The summed E-state index contributed by atoms with van der Waals surface area (Å²) in [5, 5.41) is 0. The molecule has 0 radical (unpaired) electrons. The minimum atomic E-state index is -0.469. The van der Waals surface area contributed by atoms with Gasteiger partial charge in [-0.3, -0.25) is 9.59 Å². The van der Waals surface area contributed by atoms with Crippen molar-refractivity contribution in [2.24, 2.45) is 17.3 Å². The van der Waals surface area contributed by atoms with Gasteiger partial charge in [0, 0.05) is 18.8 Å². The maximum atomic E-state index is 12.2. The van der Waals surface area contributed by atoms with Gasteiger partial charge in [0.2, 0.25) is 0 Å². The highest BCUT2D eigenvalue weighted by Crippen LogP contribution is 2.51. The van der Waals surface area contributed by atoms with Gasteiger partial charge in [0.25, 0.3) is 0 Å². The van der Waals surface area contributed by atoms with Crippen molar-refractivity contribution in [3.8, 4) is 0 Å². The largest absolute Gasteiger partial charge is 0.299 e. The van der Waals surface area contributed by atoms with E-state index in [0.717, 1.165) is 19.3 Å². The number of hydrogen-bond acceptors (Lipinski definition) is 2. The summed E-state index contributed by atoms with van der Waals surface area (Å²) in [4.78, 5) is 24.3. The third-order valence-corrected chi connectivity index (χ3v) is 4.36. The minimum absolute atomic E-state index is 0.0336. The van der Waals surface area contributed by atoms with Crippen molar-refractivity contribution in [3.63, 3.8) is 0 Å². The van der Waals surface area contributed by atoms with Crippen molar-refractivity contribution in [1.82, 2.24) is 0 Å². The van der Waals surface area contributed by atoms with E-state index in [2.05, 4.69) is 12.2 Å². The summed E-state index contributed by atoms with van der Waals surface area (Å²) in [5.74, 6) is 0.878. The lowest BCUT2D eigenvalue weighted by Gasteiger charge is -2.46. The number of Topliss-reactive ketones (excluding diaryl/α,β-unsaturated/α-hetero) is 2. The molecule has 0 saturated heterocycles. The lowest BCUT2D eigenvalue weighted by Crippen LogP contribution is -2.49. The SMILES string of the molecule is O=C1CC/C=C\CC23C=CC(CC2=O)CC13. The van der Waals surface area contributed by atoms with Crippen LogP contribution in [0.25, 0.3) is 0 Å². The van der Waals surface area contributed by atoms with Crippen molar-refractivity contribution in [2.75, 3.05) is 0 Å². The van der Waals surface area contributed by atoms with E-state index in [9.17, 15) is 9.59 Å². The van der Waals surface area contributed by atoms with Crippen molar-refractivity contribution < 1.29 is 9.59 Å². The Morgan fingerprint density at radius 3 is 2.94 bits per heavy atom. The highest BCUT2D eigenvalue weighted by molar-refractivity contribution is 5.97. The van der Waals surface area contributed by atoms with Crippen LogP contribution >= 0.6 is 0 Å². The maximum absolute atomic E-state index is 12.2. The molecule has 2 nitrogen and oxygen atoms in total. The van der Waals surface area contributed by atoms with E-state index in [1.807, 2.05) is 12.2 Å². The van der Waals surface area contributed by atoms with Crippen molar-refractivity contribution in [2.45, 2.75) is 32.1 Å². The quantitative estimate of drug-likeness (QED) is 0.583. The highest BCUT2D eigenvalue weighted by atomic mass is 16.1. The van der Waals surface area contributed by atoms with Gasteiger partial charge in [0.15, 0.2) is 0 Å². The van der Waals surface area contributed by atoms with Gasteiger partial charge in [-0.2, -0.15) is 0 Å². The van der Waals surface area contributed by atoms with Gasteiger partial charge in [-0.1, -0.05) is 24.3 Å². The zero-order valence-corrected chi connectivity index (χ0v) is 9.32. The first kappa shape index (κ1) is 10.0. The molecule has 0 aromatic carbocycles. The molecule has 0 aromatic heterocycles. The van der Waals surface area contributed by atoms with Crippen LogP contribution in [-0.2, 0) is 9.59 Å². The molecule has 4 aliphatic carbocycles. The van der Waals surface area contributed by atoms with Crippen molar-refractivity contribution in [3.05, 3.63) is 24.3 Å². The lowest BCUT2D eigenvalue weighted by atomic mass is 9.55. The number of hydrogen-bond donors (Lipinski definition) is 0. The Kier molecular flexibility index (Phi) is 2.13. The molecule has 2 bridgehead atoms. The van der Waals surface area contributed by atoms with E-state index < -0.39 is 5.41 Å². The molecule has 0 aromatic rings. The molecule has 4 aliphatic rings. The fourth-order valence-electron chi connectivity index (χ4n) is 3.42. The Morgan fingerprint density at radius 2 is 2.12 bits per heavy atom. The third kappa shape index (κ3) is 1.25. The van der Waals surface area contributed by atoms with Gasteiger partial charge < -0.3 is 0 Å². The van der Waals surface area contributed by atoms with Crippen LogP contribution in [0.1, 0.15) is 32.1 Å². The number of fused-ring (bicyclic) bond motifs is 1. The second-order valence-electron chi connectivity index (χ2n) is 5.26. The summed E-state index contributed by atoms with van der Waals surface area (Å²) in [5.41, 5.74) is -0.469. The highest BCUT2D eigenvalue weighted by Gasteiger charge is 2.52. The molecule has 4 rings (SSSR count). The van der Waals surface area contributed by atoms with E-state index in [0.29, 0.717) is 24.5 Å². The predicted octanol–water partition coefficient (Wildman–Crippen LogP) is 2.45. The molecule has 0 N–H and O–H groups in total. The first-order valence-electron chi connectivity index (χ1n) is 6.13. The van der Waals surface area contributed by atoms with Crippen LogP contribution < -0.4 is 0 Å². The molecule has 0 heterocycles. The summed E-state index contributed by atoms with van der Waals surface area (Å²) < 4.78 is 0. The monoisotopic (exact) mass is 216 g/mol. The molecular weight excluding hydrogens is 200 g/mol. The van der Waals surface area contributed by atoms with Crippen LogP contribution in [0.3, 0.4) is 0 Å². The second-order valence-corrected chi connectivity index (χ2v) is 5.26. The van der Waals surface area contributed by atoms with E-state index in [-0.39, 0.29) is 11.7 Å². The second kappa shape index (κ2) is 3.41. The normalized spacial score (nSPS) is 43.8. The molecule has 3 atom stereocenters. The van der Waals surface area contributed by atoms with Crippen LogP contribution in [0.4, 0.5) is 0 Å². The Labute approximate surface area is 95.4 Å². The molecule has 2 heteroatoms. The van der Waals surface area contributed by atoms with E-state index in [1.165, 1.54) is 0 Å². The molecule has 1 fully saturated rings. The molecule has 0 amide bonds. The molecule has 16 heavy (non-hydrogen) atoms. The Morgan fingerprint density at radius 1 is 1.25 bits per heavy atom. The molecule has 0 aliphatic heterocycles. The molecule has 1 spiro atoms. The fourth-order valence-corrected chi connectivity index (χ4v) is 3.42. The van der Waals surface area contributed by atoms with Gasteiger partial charge in [-0.25, -0.2) is 0 Å². The Hall–Kier alpha value is -1.18. The summed E-state index contributed by atoms with van der Waals surface area (Å²) in [6, 6.07) is 0. The maximum Gasteiger partial charge on any atom is 0.144 e. The van der Waals surface area contributed by atoms with Gasteiger partial charge >= 0.3 is 0 Å². The average Bonchev–Trinajstić information content (AvgIpc) is 2.27. The number of allylic oxidation sites excluding steroid dienone is 4.